The van der Waals surface area contributed by atoms with Gasteiger partial charge < -0.3 is 4.74 Å². The summed E-state index contributed by atoms with van der Waals surface area (Å²) in [5, 5.41) is 0. The molecule has 130 valence electrons. The highest BCUT2D eigenvalue weighted by Crippen LogP contribution is 2.29. The van der Waals surface area contributed by atoms with Gasteiger partial charge in [-0.25, -0.2) is 9.69 Å². The number of ether oxygens (including phenoxy) is 1. The van der Waals surface area contributed by atoms with Gasteiger partial charge >= 0.3 is 6.09 Å². The molecule has 1 aliphatic heterocycles. The number of hydrogen-bond acceptors (Lipinski definition) is 4. The number of likely N-dealkylation sites (tertiary alicyclic amines) is 1. The van der Waals surface area contributed by atoms with Crippen LogP contribution in [0.5, 0.6) is 0 Å². The molecule has 2 atom stereocenters. The van der Waals surface area contributed by atoms with E-state index < -0.39 is 23.5 Å². The second-order valence-corrected chi connectivity index (χ2v) is 8.02. The normalized spacial score (nSPS) is 21.5. The number of hydrogen-bond donors (Lipinski definition) is 0. The summed E-state index contributed by atoms with van der Waals surface area (Å²) in [6.45, 7) is 7.42. The van der Waals surface area contributed by atoms with Crippen molar-refractivity contribution in [2.75, 3.05) is 6.54 Å². The molecule has 0 N–H and O–H groups in total. The predicted molar refractivity (Wildman–Crippen MR) is 93.7 cm³/mol. The maximum atomic E-state index is 12.8. The van der Waals surface area contributed by atoms with Gasteiger partial charge in [-0.05, 0) is 39.2 Å². The first-order valence-corrected chi connectivity index (χ1v) is 8.72. The zero-order valence-corrected chi connectivity index (χ0v) is 15.9. The summed E-state index contributed by atoms with van der Waals surface area (Å²) >= 11 is 3.35. The fraction of sp³-hybridized carbons (Fsp3) is 0.500. The summed E-state index contributed by atoms with van der Waals surface area (Å²) < 4.78 is 5.94. The van der Waals surface area contributed by atoms with E-state index in [1.807, 2.05) is 6.92 Å². The van der Waals surface area contributed by atoms with Gasteiger partial charge in [0, 0.05) is 16.6 Å². The fourth-order valence-corrected chi connectivity index (χ4v) is 3.20. The number of imide groups is 1. The SMILES string of the molecule is C[C@H]1CC(C(=O)c2ccccc2Br)C(=O)N(C(=O)OC(C)(C)C)C1. The number of ketones is 1. The molecular formula is C18H22BrNO4. The Morgan fingerprint density at radius 3 is 2.46 bits per heavy atom. The van der Waals surface area contributed by atoms with Crippen molar-refractivity contribution in [1.29, 1.82) is 0 Å². The summed E-state index contributed by atoms with van der Waals surface area (Å²) in [6.07, 6.45) is -0.262. The van der Waals surface area contributed by atoms with E-state index in [4.69, 9.17) is 4.74 Å². The molecule has 1 fully saturated rings. The highest BCUT2D eigenvalue weighted by atomic mass is 79.9. The van der Waals surface area contributed by atoms with Gasteiger partial charge in [-0.3, -0.25) is 9.59 Å². The second-order valence-electron chi connectivity index (χ2n) is 7.17. The van der Waals surface area contributed by atoms with Crippen molar-refractivity contribution in [2.24, 2.45) is 11.8 Å². The molecule has 0 saturated carbocycles. The third kappa shape index (κ3) is 4.23. The van der Waals surface area contributed by atoms with Crippen LogP contribution in [0.25, 0.3) is 0 Å². The van der Waals surface area contributed by atoms with E-state index in [0.29, 0.717) is 16.5 Å². The highest BCUT2D eigenvalue weighted by Gasteiger charge is 2.41. The van der Waals surface area contributed by atoms with Crippen LogP contribution in [-0.4, -0.2) is 34.8 Å². The second kappa shape index (κ2) is 7.05. The molecule has 1 unspecified atom stereocenters. The zero-order valence-electron chi connectivity index (χ0n) is 14.3. The van der Waals surface area contributed by atoms with Gasteiger partial charge in [0.25, 0.3) is 0 Å². The van der Waals surface area contributed by atoms with Crippen LogP contribution < -0.4 is 0 Å². The third-order valence-corrected chi connectivity index (χ3v) is 4.46. The number of carbonyl (C=O) groups excluding carboxylic acids is 3. The Morgan fingerprint density at radius 1 is 1.25 bits per heavy atom. The Morgan fingerprint density at radius 2 is 1.88 bits per heavy atom. The summed E-state index contributed by atoms with van der Waals surface area (Å²) in [5.41, 5.74) is -0.242. The molecule has 0 aromatic heterocycles. The van der Waals surface area contributed by atoms with Gasteiger partial charge in [0.2, 0.25) is 5.91 Å². The number of nitrogens with zero attached hydrogens (tertiary/aromatic N) is 1. The van der Waals surface area contributed by atoms with E-state index in [1.54, 1.807) is 45.0 Å². The van der Waals surface area contributed by atoms with Crippen molar-refractivity contribution in [3.05, 3.63) is 34.3 Å². The van der Waals surface area contributed by atoms with Gasteiger partial charge in [-0.15, -0.1) is 0 Å². The molecule has 0 aliphatic carbocycles. The predicted octanol–water partition coefficient (Wildman–Crippen LogP) is 4.05. The Labute approximate surface area is 150 Å². The van der Waals surface area contributed by atoms with E-state index >= 15 is 0 Å². The lowest BCUT2D eigenvalue weighted by Crippen LogP contribution is -2.51. The lowest BCUT2D eigenvalue weighted by Gasteiger charge is -2.35. The Kier molecular flexibility index (Phi) is 5.48. The monoisotopic (exact) mass is 395 g/mol. The van der Waals surface area contributed by atoms with Crippen molar-refractivity contribution >= 4 is 33.7 Å². The summed E-state index contributed by atoms with van der Waals surface area (Å²) in [4.78, 5) is 38.9. The number of benzene rings is 1. The van der Waals surface area contributed by atoms with E-state index in [9.17, 15) is 14.4 Å². The summed E-state index contributed by atoms with van der Waals surface area (Å²) in [5.74, 6) is -1.58. The molecule has 5 nitrogen and oxygen atoms in total. The molecule has 0 bridgehead atoms. The smallest absolute Gasteiger partial charge is 0.417 e. The number of Topliss-reactive ketones (excluding diaryl/α,β-unsaturated/α-hetero) is 1. The zero-order chi connectivity index (χ0) is 18.1. The fourth-order valence-electron chi connectivity index (χ4n) is 2.72. The lowest BCUT2D eigenvalue weighted by atomic mass is 9.84. The van der Waals surface area contributed by atoms with Crippen molar-refractivity contribution in [1.82, 2.24) is 4.90 Å². The first-order chi connectivity index (χ1) is 11.1. The number of halogens is 1. The maximum Gasteiger partial charge on any atom is 0.417 e. The summed E-state index contributed by atoms with van der Waals surface area (Å²) in [6, 6.07) is 6.99. The molecule has 24 heavy (non-hydrogen) atoms. The number of amides is 2. The van der Waals surface area contributed by atoms with Crippen LogP contribution in [0.1, 0.15) is 44.5 Å². The van der Waals surface area contributed by atoms with Crippen LogP contribution in [-0.2, 0) is 9.53 Å². The average molecular weight is 396 g/mol. The van der Waals surface area contributed by atoms with E-state index in [0.717, 1.165) is 4.90 Å². The first-order valence-electron chi connectivity index (χ1n) is 7.93. The molecule has 1 saturated heterocycles. The lowest BCUT2D eigenvalue weighted by molar-refractivity contribution is -0.136. The summed E-state index contributed by atoms with van der Waals surface area (Å²) in [7, 11) is 0. The van der Waals surface area contributed by atoms with Crippen molar-refractivity contribution in [3.63, 3.8) is 0 Å². The molecule has 1 aromatic rings. The van der Waals surface area contributed by atoms with Gasteiger partial charge in [0.1, 0.15) is 11.5 Å². The van der Waals surface area contributed by atoms with Gasteiger partial charge in [0.15, 0.2) is 5.78 Å². The van der Waals surface area contributed by atoms with Crippen LogP contribution in [0.15, 0.2) is 28.7 Å². The van der Waals surface area contributed by atoms with Crippen molar-refractivity contribution < 1.29 is 19.1 Å². The molecule has 2 amide bonds. The van der Waals surface area contributed by atoms with E-state index in [2.05, 4.69) is 15.9 Å². The first kappa shape index (κ1) is 18.6. The minimum absolute atomic E-state index is 0.0339. The molecule has 6 heteroatoms. The van der Waals surface area contributed by atoms with E-state index in [-0.39, 0.29) is 18.2 Å². The van der Waals surface area contributed by atoms with Gasteiger partial charge in [0.05, 0.1) is 0 Å². The van der Waals surface area contributed by atoms with Crippen LogP contribution in [0, 0.1) is 11.8 Å². The molecule has 1 aliphatic rings. The Bertz CT molecular complexity index is 665. The molecule has 1 aromatic carbocycles. The standard InChI is InChI=1S/C18H22BrNO4/c1-11-9-13(15(21)12-7-5-6-8-14(12)19)16(22)20(10-11)17(23)24-18(2,3)4/h5-8,11,13H,9-10H2,1-4H3/t11-,13?/m0/s1. The molecular weight excluding hydrogens is 374 g/mol. The topological polar surface area (TPSA) is 63.7 Å². The van der Waals surface area contributed by atoms with Crippen LogP contribution in [0.3, 0.4) is 0 Å². The van der Waals surface area contributed by atoms with Gasteiger partial charge in [-0.1, -0.05) is 41.1 Å². The number of piperidine rings is 1. The minimum Gasteiger partial charge on any atom is -0.443 e. The molecule has 2 rings (SSSR count). The number of rotatable bonds is 2. The van der Waals surface area contributed by atoms with Crippen molar-refractivity contribution in [3.8, 4) is 0 Å². The molecule has 1 heterocycles. The van der Waals surface area contributed by atoms with Crippen LogP contribution in [0.2, 0.25) is 0 Å². The Hall–Kier alpha value is -1.69. The Balaban J connectivity index is 2.25. The largest absolute Gasteiger partial charge is 0.443 e. The highest BCUT2D eigenvalue weighted by molar-refractivity contribution is 9.10. The van der Waals surface area contributed by atoms with E-state index in [1.165, 1.54) is 0 Å². The quantitative estimate of drug-likeness (QED) is 0.559. The number of carbonyl (C=O) groups is 3. The molecule has 0 spiro atoms. The minimum atomic E-state index is -0.861. The third-order valence-electron chi connectivity index (χ3n) is 3.77. The van der Waals surface area contributed by atoms with Crippen molar-refractivity contribution in [2.45, 2.75) is 39.7 Å². The average Bonchev–Trinajstić information content (AvgIpc) is 2.47. The van der Waals surface area contributed by atoms with Crippen LogP contribution >= 0.6 is 15.9 Å². The van der Waals surface area contributed by atoms with Gasteiger partial charge in [-0.2, -0.15) is 0 Å². The maximum absolute atomic E-state index is 12.8. The van der Waals surface area contributed by atoms with Crippen LogP contribution in [0.4, 0.5) is 4.79 Å². The molecule has 0 radical (unpaired) electrons.